The van der Waals surface area contributed by atoms with E-state index in [9.17, 15) is 9.59 Å². The summed E-state index contributed by atoms with van der Waals surface area (Å²) >= 11 is 0. The van der Waals surface area contributed by atoms with Crippen molar-refractivity contribution in [3.63, 3.8) is 0 Å². The van der Waals surface area contributed by atoms with Crippen LogP contribution in [0.3, 0.4) is 0 Å². The Hall–Kier alpha value is -2.24. The predicted molar refractivity (Wildman–Crippen MR) is 77.7 cm³/mol. The molecule has 0 bridgehead atoms. The number of hydrogen-bond acceptors (Lipinski definition) is 4. The minimum atomic E-state index is -0.870. The van der Waals surface area contributed by atoms with Gasteiger partial charge in [-0.05, 0) is 31.0 Å². The summed E-state index contributed by atoms with van der Waals surface area (Å²) in [6.07, 6.45) is 0.384. The lowest BCUT2D eigenvalue weighted by molar-refractivity contribution is -0.141. The quantitative estimate of drug-likeness (QED) is 0.761. The fourth-order valence-corrected chi connectivity index (χ4v) is 1.64. The molecule has 1 aromatic rings. The van der Waals surface area contributed by atoms with E-state index in [-0.39, 0.29) is 12.5 Å². The maximum Gasteiger partial charge on any atom is 0.306 e. The Morgan fingerprint density at radius 1 is 1.33 bits per heavy atom. The van der Waals surface area contributed by atoms with E-state index in [1.54, 1.807) is 13.0 Å². The number of benzene rings is 1. The number of carbonyl (C=O) groups is 2. The van der Waals surface area contributed by atoms with Gasteiger partial charge in [-0.3, -0.25) is 9.59 Å². The summed E-state index contributed by atoms with van der Waals surface area (Å²) in [5, 5.41) is 11.3. The van der Waals surface area contributed by atoms with Crippen molar-refractivity contribution < 1.29 is 24.2 Å². The van der Waals surface area contributed by atoms with Crippen LogP contribution in [0.25, 0.3) is 0 Å². The summed E-state index contributed by atoms with van der Waals surface area (Å²) in [6, 6.07) is 5.43. The van der Waals surface area contributed by atoms with Crippen LogP contribution >= 0.6 is 0 Å². The summed E-state index contributed by atoms with van der Waals surface area (Å²) < 4.78 is 10.6. The molecule has 21 heavy (non-hydrogen) atoms. The van der Waals surface area contributed by atoms with Gasteiger partial charge >= 0.3 is 5.97 Å². The second-order valence-corrected chi connectivity index (χ2v) is 4.82. The molecule has 0 aliphatic heterocycles. The average Bonchev–Trinajstić information content (AvgIpc) is 2.45. The second-order valence-electron chi connectivity index (χ2n) is 4.82. The molecule has 116 valence electrons. The summed E-state index contributed by atoms with van der Waals surface area (Å²) in [7, 11) is 1.54. The van der Waals surface area contributed by atoms with Crippen LogP contribution in [-0.4, -0.2) is 37.2 Å². The lowest BCUT2D eigenvalue weighted by Crippen LogP contribution is -2.31. The Labute approximate surface area is 124 Å². The van der Waals surface area contributed by atoms with Gasteiger partial charge < -0.3 is 19.9 Å². The fraction of sp³-hybridized carbons (Fsp3) is 0.467. The van der Waals surface area contributed by atoms with Gasteiger partial charge in [0.15, 0.2) is 18.1 Å². The third-order valence-corrected chi connectivity index (χ3v) is 3.00. The molecule has 1 aromatic carbocycles. The molecule has 1 unspecified atom stereocenters. The standard InChI is InChI=1S/C15H21NO5/c1-10-4-5-12(13(8-10)20-3)21-9-14(17)16-7-6-11(2)15(18)19/h4-5,8,11H,6-7,9H2,1-3H3,(H,16,17)(H,18,19). The van der Waals surface area contributed by atoms with Crippen molar-refractivity contribution in [2.24, 2.45) is 5.92 Å². The number of hydrogen-bond donors (Lipinski definition) is 2. The Bertz CT molecular complexity index is 501. The predicted octanol–water partition coefficient (Wildman–Crippen LogP) is 1.61. The zero-order valence-electron chi connectivity index (χ0n) is 12.5. The third-order valence-electron chi connectivity index (χ3n) is 3.00. The van der Waals surface area contributed by atoms with Gasteiger partial charge in [0.2, 0.25) is 0 Å². The first-order valence-corrected chi connectivity index (χ1v) is 6.71. The van der Waals surface area contributed by atoms with E-state index in [4.69, 9.17) is 14.6 Å². The molecular formula is C15H21NO5. The highest BCUT2D eigenvalue weighted by Gasteiger charge is 2.11. The highest BCUT2D eigenvalue weighted by Crippen LogP contribution is 2.27. The van der Waals surface area contributed by atoms with Gasteiger partial charge in [0.05, 0.1) is 13.0 Å². The molecule has 0 radical (unpaired) electrons. The van der Waals surface area contributed by atoms with E-state index in [0.717, 1.165) is 5.56 Å². The Kier molecular flexibility index (Phi) is 6.52. The number of aryl methyl sites for hydroxylation is 1. The Morgan fingerprint density at radius 2 is 2.05 bits per heavy atom. The van der Waals surface area contributed by atoms with Crippen LogP contribution in [0.1, 0.15) is 18.9 Å². The van der Waals surface area contributed by atoms with Crippen molar-refractivity contribution in [1.82, 2.24) is 5.32 Å². The van der Waals surface area contributed by atoms with Crippen molar-refractivity contribution in [1.29, 1.82) is 0 Å². The maximum absolute atomic E-state index is 11.6. The Morgan fingerprint density at radius 3 is 2.67 bits per heavy atom. The van der Waals surface area contributed by atoms with E-state index in [1.165, 1.54) is 7.11 Å². The van der Waals surface area contributed by atoms with E-state index in [2.05, 4.69) is 5.32 Å². The molecule has 0 aliphatic rings. The topological polar surface area (TPSA) is 84.9 Å². The molecule has 0 aromatic heterocycles. The Balaban J connectivity index is 2.38. The first-order valence-electron chi connectivity index (χ1n) is 6.71. The highest BCUT2D eigenvalue weighted by atomic mass is 16.5. The number of aliphatic carboxylic acids is 1. The number of carbonyl (C=O) groups excluding carboxylic acids is 1. The molecule has 0 saturated carbocycles. The van der Waals surface area contributed by atoms with E-state index < -0.39 is 11.9 Å². The monoisotopic (exact) mass is 295 g/mol. The molecule has 6 heteroatoms. The lowest BCUT2D eigenvalue weighted by atomic mass is 10.1. The van der Waals surface area contributed by atoms with Crippen molar-refractivity contribution >= 4 is 11.9 Å². The van der Waals surface area contributed by atoms with Crippen LogP contribution < -0.4 is 14.8 Å². The molecule has 2 N–H and O–H groups in total. The summed E-state index contributed by atoms with van der Waals surface area (Å²) in [5.41, 5.74) is 1.03. The fourth-order valence-electron chi connectivity index (χ4n) is 1.64. The number of nitrogens with one attached hydrogen (secondary N) is 1. The number of carboxylic acid groups (broad SMARTS) is 1. The first-order chi connectivity index (χ1) is 9.93. The van der Waals surface area contributed by atoms with Crippen LogP contribution in [0.15, 0.2) is 18.2 Å². The zero-order chi connectivity index (χ0) is 15.8. The SMILES string of the molecule is COc1cc(C)ccc1OCC(=O)NCCC(C)C(=O)O. The molecule has 1 amide bonds. The minimum Gasteiger partial charge on any atom is -0.493 e. The van der Waals surface area contributed by atoms with Gasteiger partial charge in [0, 0.05) is 6.54 Å². The summed E-state index contributed by atoms with van der Waals surface area (Å²) in [4.78, 5) is 22.2. The molecule has 0 aliphatic carbocycles. The van der Waals surface area contributed by atoms with Crippen LogP contribution in [0.5, 0.6) is 11.5 Å². The van der Waals surface area contributed by atoms with Gasteiger partial charge in [0.1, 0.15) is 0 Å². The van der Waals surface area contributed by atoms with E-state index in [0.29, 0.717) is 24.5 Å². The molecule has 1 atom stereocenters. The molecule has 0 fully saturated rings. The van der Waals surface area contributed by atoms with Crippen molar-refractivity contribution in [2.45, 2.75) is 20.3 Å². The largest absolute Gasteiger partial charge is 0.493 e. The summed E-state index contributed by atoms with van der Waals surface area (Å²) in [6.45, 7) is 3.70. The number of carboxylic acids is 1. The minimum absolute atomic E-state index is 0.138. The van der Waals surface area contributed by atoms with E-state index in [1.807, 2.05) is 19.1 Å². The third kappa shape index (κ3) is 5.72. The van der Waals surface area contributed by atoms with Gasteiger partial charge in [-0.1, -0.05) is 13.0 Å². The lowest BCUT2D eigenvalue weighted by Gasteiger charge is -2.12. The summed E-state index contributed by atoms with van der Waals surface area (Å²) in [5.74, 6) is -0.581. The van der Waals surface area contributed by atoms with Gasteiger partial charge in [-0.25, -0.2) is 0 Å². The number of rotatable bonds is 8. The van der Waals surface area contributed by atoms with Gasteiger partial charge in [-0.2, -0.15) is 0 Å². The number of amides is 1. The molecule has 0 heterocycles. The smallest absolute Gasteiger partial charge is 0.306 e. The molecule has 0 saturated heterocycles. The molecule has 0 spiro atoms. The molecule has 6 nitrogen and oxygen atoms in total. The van der Waals surface area contributed by atoms with Crippen LogP contribution in [0.4, 0.5) is 0 Å². The van der Waals surface area contributed by atoms with Crippen molar-refractivity contribution in [2.75, 3.05) is 20.3 Å². The van der Waals surface area contributed by atoms with Crippen LogP contribution in [0, 0.1) is 12.8 Å². The average molecular weight is 295 g/mol. The van der Waals surface area contributed by atoms with Gasteiger partial charge in [0.25, 0.3) is 5.91 Å². The number of methoxy groups -OCH3 is 1. The zero-order valence-corrected chi connectivity index (χ0v) is 12.5. The second kappa shape index (κ2) is 8.14. The van der Waals surface area contributed by atoms with E-state index >= 15 is 0 Å². The number of ether oxygens (including phenoxy) is 2. The highest BCUT2D eigenvalue weighted by molar-refractivity contribution is 5.77. The van der Waals surface area contributed by atoms with Crippen LogP contribution in [0.2, 0.25) is 0 Å². The van der Waals surface area contributed by atoms with Gasteiger partial charge in [-0.15, -0.1) is 0 Å². The first kappa shape index (κ1) is 16.8. The maximum atomic E-state index is 11.6. The van der Waals surface area contributed by atoms with Crippen molar-refractivity contribution in [3.05, 3.63) is 23.8 Å². The molecule has 1 rings (SSSR count). The van der Waals surface area contributed by atoms with Crippen molar-refractivity contribution in [3.8, 4) is 11.5 Å². The van der Waals surface area contributed by atoms with Crippen LogP contribution in [-0.2, 0) is 9.59 Å². The molecular weight excluding hydrogens is 274 g/mol. The normalized spacial score (nSPS) is 11.6.